The van der Waals surface area contributed by atoms with Crippen LogP contribution in [0.2, 0.25) is 0 Å². The minimum absolute atomic E-state index is 0.677. The molecule has 0 unspecified atom stereocenters. The molecule has 0 saturated carbocycles. The lowest BCUT2D eigenvalue weighted by molar-refractivity contribution is 0.279. The molecule has 2 aromatic rings. The van der Waals surface area contributed by atoms with Gasteiger partial charge in [0.05, 0.1) is 5.41 Å². The van der Waals surface area contributed by atoms with Crippen LogP contribution in [-0.2, 0) is 5.41 Å². The molecule has 0 aromatic heterocycles. The van der Waals surface area contributed by atoms with Crippen LogP contribution in [0.4, 0.5) is 8.78 Å². The van der Waals surface area contributed by atoms with Crippen LogP contribution in [0.25, 0.3) is 0 Å². The normalized spacial score (nSPS) is 11.4. The van der Waals surface area contributed by atoms with Crippen molar-refractivity contribution in [2.75, 3.05) is 13.3 Å². The minimum atomic E-state index is -1.16. The van der Waals surface area contributed by atoms with E-state index in [2.05, 4.69) is 0 Å². The maximum atomic E-state index is 13.4. The molecule has 88 valence electrons. The second kappa shape index (κ2) is 5.09. The first kappa shape index (κ1) is 11.8. The highest BCUT2D eigenvalue weighted by atomic mass is 19.1. The molecular weight excluding hydrogens is 218 g/mol. The molecule has 2 rings (SSSR count). The second-order valence-electron chi connectivity index (χ2n) is 4.08. The van der Waals surface area contributed by atoms with Crippen molar-refractivity contribution in [2.24, 2.45) is 0 Å². The van der Waals surface area contributed by atoms with E-state index in [0.717, 1.165) is 0 Å². The molecule has 2 aromatic carbocycles. The van der Waals surface area contributed by atoms with Crippen LogP contribution in [0.15, 0.2) is 60.7 Å². The van der Waals surface area contributed by atoms with Gasteiger partial charge in [-0.25, -0.2) is 8.78 Å². The first-order chi connectivity index (χ1) is 8.33. The monoisotopic (exact) mass is 232 g/mol. The zero-order chi connectivity index (χ0) is 12.1. The summed E-state index contributed by atoms with van der Waals surface area (Å²) < 4.78 is 26.9. The van der Waals surface area contributed by atoms with Gasteiger partial charge in [-0.2, -0.15) is 0 Å². The van der Waals surface area contributed by atoms with E-state index in [9.17, 15) is 8.78 Å². The van der Waals surface area contributed by atoms with Gasteiger partial charge in [0, 0.05) is 0 Å². The van der Waals surface area contributed by atoms with Crippen molar-refractivity contribution in [3.8, 4) is 0 Å². The molecule has 17 heavy (non-hydrogen) atoms. The maximum Gasteiger partial charge on any atom is 0.106 e. The molecule has 0 atom stereocenters. The van der Waals surface area contributed by atoms with Gasteiger partial charge in [0.1, 0.15) is 13.3 Å². The Morgan fingerprint density at radius 3 is 1.29 bits per heavy atom. The molecule has 0 nitrogen and oxygen atoms in total. The van der Waals surface area contributed by atoms with Crippen molar-refractivity contribution in [2.45, 2.75) is 5.41 Å². The van der Waals surface area contributed by atoms with Crippen LogP contribution in [0.5, 0.6) is 0 Å². The molecule has 0 aliphatic heterocycles. The number of hydrogen-bond donors (Lipinski definition) is 0. The van der Waals surface area contributed by atoms with Crippen molar-refractivity contribution >= 4 is 0 Å². The summed E-state index contributed by atoms with van der Waals surface area (Å²) in [5.74, 6) is 0. The van der Waals surface area contributed by atoms with E-state index >= 15 is 0 Å². The largest absolute Gasteiger partial charge is 0.250 e. The van der Waals surface area contributed by atoms with Gasteiger partial charge >= 0.3 is 0 Å². The lowest BCUT2D eigenvalue weighted by atomic mass is 9.77. The zero-order valence-corrected chi connectivity index (χ0v) is 9.44. The van der Waals surface area contributed by atoms with Crippen molar-refractivity contribution in [3.05, 3.63) is 71.8 Å². The fraction of sp³-hybridized carbons (Fsp3) is 0.200. The molecule has 0 heterocycles. The first-order valence-electron chi connectivity index (χ1n) is 5.56. The van der Waals surface area contributed by atoms with Crippen molar-refractivity contribution in [3.63, 3.8) is 0 Å². The van der Waals surface area contributed by atoms with Gasteiger partial charge in [-0.1, -0.05) is 60.7 Å². The lowest BCUT2D eigenvalue weighted by Gasteiger charge is -2.29. The van der Waals surface area contributed by atoms with Crippen LogP contribution >= 0.6 is 0 Å². The Labute approximate surface area is 99.9 Å². The zero-order valence-electron chi connectivity index (χ0n) is 9.44. The summed E-state index contributed by atoms with van der Waals surface area (Å²) >= 11 is 0. The number of benzene rings is 2. The summed E-state index contributed by atoms with van der Waals surface area (Å²) in [4.78, 5) is 0. The average Bonchev–Trinajstić information content (AvgIpc) is 2.43. The molecule has 0 saturated heterocycles. The Morgan fingerprint density at radius 1 is 0.647 bits per heavy atom. The Kier molecular flexibility index (Phi) is 3.52. The van der Waals surface area contributed by atoms with E-state index in [4.69, 9.17) is 0 Å². The Balaban J connectivity index is 2.54. The Morgan fingerprint density at radius 2 is 1.00 bits per heavy atom. The molecule has 0 aliphatic rings. The van der Waals surface area contributed by atoms with E-state index < -0.39 is 18.8 Å². The molecule has 0 bridgehead atoms. The topological polar surface area (TPSA) is 0 Å². The van der Waals surface area contributed by atoms with Gasteiger partial charge in [-0.15, -0.1) is 0 Å². The predicted molar refractivity (Wildman–Crippen MR) is 65.6 cm³/mol. The highest BCUT2D eigenvalue weighted by molar-refractivity contribution is 5.39. The van der Waals surface area contributed by atoms with Crippen LogP contribution in [0, 0.1) is 0 Å². The van der Waals surface area contributed by atoms with Gasteiger partial charge in [-0.3, -0.25) is 0 Å². The van der Waals surface area contributed by atoms with Gasteiger partial charge in [0.25, 0.3) is 0 Å². The summed E-state index contributed by atoms with van der Waals surface area (Å²) in [7, 11) is 0. The van der Waals surface area contributed by atoms with Crippen LogP contribution in [-0.4, -0.2) is 13.3 Å². The number of hydrogen-bond acceptors (Lipinski definition) is 0. The summed E-state index contributed by atoms with van der Waals surface area (Å²) in [6, 6.07) is 18.0. The highest BCUT2D eigenvalue weighted by Gasteiger charge is 2.34. The first-order valence-corrected chi connectivity index (χ1v) is 5.56. The summed E-state index contributed by atoms with van der Waals surface area (Å²) in [5, 5.41) is 0. The van der Waals surface area contributed by atoms with Crippen LogP contribution in [0.3, 0.4) is 0 Å². The van der Waals surface area contributed by atoms with Crippen molar-refractivity contribution in [1.29, 1.82) is 0 Å². The second-order valence-corrected chi connectivity index (χ2v) is 4.08. The third-order valence-corrected chi connectivity index (χ3v) is 3.11. The SMILES string of the molecule is FCC(CF)(c1ccccc1)c1ccccc1. The van der Waals surface area contributed by atoms with Gasteiger partial charge in [0.2, 0.25) is 0 Å². The van der Waals surface area contributed by atoms with E-state index in [1.165, 1.54) is 0 Å². The highest BCUT2D eigenvalue weighted by Crippen LogP contribution is 2.33. The molecule has 0 fully saturated rings. The number of halogens is 2. The van der Waals surface area contributed by atoms with Crippen LogP contribution < -0.4 is 0 Å². The lowest BCUT2D eigenvalue weighted by Crippen LogP contribution is -2.32. The van der Waals surface area contributed by atoms with Gasteiger partial charge < -0.3 is 0 Å². The quantitative estimate of drug-likeness (QED) is 0.749. The Bertz CT molecular complexity index is 405. The maximum absolute atomic E-state index is 13.4. The third-order valence-electron chi connectivity index (χ3n) is 3.11. The van der Waals surface area contributed by atoms with Gasteiger partial charge in [0.15, 0.2) is 0 Å². The fourth-order valence-electron chi connectivity index (χ4n) is 2.03. The summed E-state index contributed by atoms with van der Waals surface area (Å²) in [6.45, 7) is -1.48. The number of rotatable bonds is 4. The molecule has 2 heteroatoms. The van der Waals surface area contributed by atoms with Gasteiger partial charge in [-0.05, 0) is 11.1 Å². The molecule has 0 radical (unpaired) electrons. The van der Waals surface area contributed by atoms with Crippen LogP contribution in [0.1, 0.15) is 11.1 Å². The molecule has 0 N–H and O–H groups in total. The van der Waals surface area contributed by atoms with Crippen molar-refractivity contribution < 1.29 is 8.78 Å². The number of alkyl halides is 2. The van der Waals surface area contributed by atoms with Crippen molar-refractivity contribution in [1.82, 2.24) is 0 Å². The smallest absolute Gasteiger partial charge is 0.106 e. The summed E-state index contributed by atoms with van der Waals surface area (Å²) in [5.41, 5.74) is 0.190. The van der Waals surface area contributed by atoms with E-state index in [1.54, 1.807) is 48.5 Å². The fourth-order valence-corrected chi connectivity index (χ4v) is 2.03. The Hall–Kier alpha value is -1.70. The van der Waals surface area contributed by atoms with E-state index in [0.29, 0.717) is 11.1 Å². The van der Waals surface area contributed by atoms with E-state index in [1.807, 2.05) is 12.1 Å². The molecular formula is C15H14F2. The average molecular weight is 232 g/mol. The molecule has 0 spiro atoms. The minimum Gasteiger partial charge on any atom is -0.250 e. The standard InChI is InChI=1S/C15H14F2/c16-11-15(12-17,13-7-3-1-4-8-13)14-9-5-2-6-10-14/h1-10H,11-12H2. The summed E-state index contributed by atoms with van der Waals surface area (Å²) in [6.07, 6.45) is 0. The van der Waals surface area contributed by atoms with E-state index in [-0.39, 0.29) is 0 Å². The molecule has 0 amide bonds. The predicted octanol–water partition coefficient (Wildman–Crippen LogP) is 3.91. The third kappa shape index (κ3) is 2.07. The molecule has 0 aliphatic carbocycles.